The van der Waals surface area contributed by atoms with E-state index in [0.717, 1.165) is 19.4 Å². The highest BCUT2D eigenvalue weighted by Crippen LogP contribution is 2.28. The smallest absolute Gasteiger partial charge is 0.293 e. The van der Waals surface area contributed by atoms with E-state index in [2.05, 4.69) is 15.3 Å². The topological polar surface area (TPSA) is 110 Å². The predicted molar refractivity (Wildman–Crippen MR) is 76.5 cm³/mol. The first-order chi connectivity index (χ1) is 10.1. The van der Waals surface area contributed by atoms with E-state index in [9.17, 15) is 14.9 Å². The third kappa shape index (κ3) is 2.70. The van der Waals surface area contributed by atoms with Gasteiger partial charge in [0.25, 0.3) is 11.2 Å². The largest absolute Gasteiger partial charge is 0.377 e. The van der Waals surface area contributed by atoms with Gasteiger partial charge in [0, 0.05) is 19.2 Å². The van der Waals surface area contributed by atoms with E-state index in [1.54, 1.807) is 0 Å². The van der Waals surface area contributed by atoms with E-state index in [0.29, 0.717) is 17.7 Å². The maximum Gasteiger partial charge on any atom is 0.293 e. The molecule has 1 aromatic carbocycles. The molecule has 0 unspecified atom stereocenters. The maximum absolute atomic E-state index is 11.7. The van der Waals surface area contributed by atoms with E-state index < -0.39 is 10.5 Å². The van der Waals surface area contributed by atoms with Gasteiger partial charge in [0.05, 0.1) is 28.3 Å². The van der Waals surface area contributed by atoms with Crippen molar-refractivity contribution >= 4 is 22.3 Å². The van der Waals surface area contributed by atoms with Crippen LogP contribution in [0.4, 0.5) is 11.4 Å². The lowest BCUT2D eigenvalue weighted by molar-refractivity contribution is -0.383. The highest BCUT2D eigenvalue weighted by molar-refractivity contribution is 5.86. The van der Waals surface area contributed by atoms with E-state index in [-0.39, 0.29) is 17.2 Å². The van der Waals surface area contributed by atoms with Gasteiger partial charge in [-0.1, -0.05) is 0 Å². The number of nitro groups is 1. The number of aromatic amines is 1. The zero-order valence-corrected chi connectivity index (χ0v) is 11.2. The van der Waals surface area contributed by atoms with Gasteiger partial charge in [-0.25, -0.2) is 4.98 Å². The van der Waals surface area contributed by atoms with Crippen molar-refractivity contribution in [3.63, 3.8) is 0 Å². The number of nitrogens with one attached hydrogen (secondary N) is 2. The summed E-state index contributed by atoms with van der Waals surface area (Å²) in [5, 5.41) is 14.4. The Balaban J connectivity index is 1.97. The minimum absolute atomic E-state index is 0.0624. The van der Waals surface area contributed by atoms with Crippen LogP contribution in [-0.4, -0.2) is 34.1 Å². The van der Waals surface area contributed by atoms with Gasteiger partial charge >= 0.3 is 0 Å². The van der Waals surface area contributed by atoms with Gasteiger partial charge < -0.3 is 15.0 Å². The number of nitrogens with zero attached hydrogens (tertiary/aromatic N) is 2. The van der Waals surface area contributed by atoms with Crippen molar-refractivity contribution < 1.29 is 9.66 Å². The van der Waals surface area contributed by atoms with Crippen molar-refractivity contribution in [2.75, 3.05) is 18.5 Å². The van der Waals surface area contributed by atoms with Crippen LogP contribution in [0.25, 0.3) is 10.9 Å². The van der Waals surface area contributed by atoms with Crippen molar-refractivity contribution in [3.05, 3.63) is 38.9 Å². The molecule has 110 valence electrons. The second-order valence-electron chi connectivity index (χ2n) is 4.89. The first kappa shape index (κ1) is 13.5. The molecule has 0 radical (unpaired) electrons. The molecule has 0 bridgehead atoms. The van der Waals surface area contributed by atoms with Crippen molar-refractivity contribution in [2.45, 2.75) is 18.9 Å². The summed E-state index contributed by atoms with van der Waals surface area (Å²) in [5.41, 5.74) is 0.230. The summed E-state index contributed by atoms with van der Waals surface area (Å²) in [6.45, 7) is 1.22. The van der Waals surface area contributed by atoms with Gasteiger partial charge in [-0.2, -0.15) is 0 Å². The molecule has 2 N–H and O–H groups in total. The van der Waals surface area contributed by atoms with Gasteiger partial charge in [-0.05, 0) is 18.9 Å². The Hall–Kier alpha value is -2.48. The molecular formula is C13H14N4O4. The molecule has 0 saturated carbocycles. The van der Waals surface area contributed by atoms with E-state index >= 15 is 0 Å². The molecular weight excluding hydrogens is 276 g/mol. The van der Waals surface area contributed by atoms with E-state index in [1.807, 2.05) is 0 Å². The third-order valence-electron chi connectivity index (χ3n) is 3.50. The third-order valence-corrected chi connectivity index (χ3v) is 3.50. The molecule has 2 aromatic rings. The fourth-order valence-electron chi connectivity index (χ4n) is 2.43. The van der Waals surface area contributed by atoms with Crippen LogP contribution in [0.1, 0.15) is 12.8 Å². The Labute approximate surface area is 119 Å². The monoisotopic (exact) mass is 290 g/mol. The van der Waals surface area contributed by atoms with Crippen molar-refractivity contribution in [1.29, 1.82) is 0 Å². The van der Waals surface area contributed by atoms with Gasteiger partial charge in [-0.15, -0.1) is 0 Å². The fourth-order valence-corrected chi connectivity index (χ4v) is 2.43. The SMILES string of the molecule is O=c1[nH]cnc2cc(NC[C@@H]3CCCO3)c([N+](=O)[O-])cc12. The zero-order valence-electron chi connectivity index (χ0n) is 11.2. The number of hydrogen-bond donors (Lipinski definition) is 2. The van der Waals surface area contributed by atoms with Crippen LogP contribution in [-0.2, 0) is 4.74 Å². The molecule has 21 heavy (non-hydrogen) atoms. The Kier molecular flexibility index (Phi) is 3.53. The summed E-state index contributed by atoms with van der Waals surface area (Å²) in [4.78, 5) is 28.8. The van der Waals surface area contributed by atoms with Crippen LogP contribution < -0.4 is 10.9 Å². The molecule has 2 heterocycles. The number of fused-ring (bicyclic) bond motifs is 1. The van der Waals surface area contributed by atoms with Gasteiger partial charge in [-0.3, -0.25) is 14.9 Å². The summed E-state index contributed by atoms with van der Waals surface area (Å²) in [6, 6.07) is 2.77. The molecule has 1 aliphatic rings. The van der Waals surface area contributed by atoms with Crippen molar-refractivity contribution in [1.82, 2.24) is 9.97 Å². The highest BCUT2D eigenvalue weighted by atomic mass is 16.6. The maximum atomic E-state index is 11.7. The second kappa shape index (κ2) is 5.49. The Bertz CT molecular complexity index is 737. The molecule has 1 aliphatic heterocycles. The van der Waals surface area contributed by atoms with Crippen molar-refractivity contribution in [3.8, 4) is 0 Å². The van der Waals surface area contributed by atoms with Gasteiger partial charge in [0.1, 0.15) is 5.69 Å². The van der Waals surface area contributed by atoms with E-state index in [1.165, 1.54) is 18.5 Å². The van der Waals surface area contributed by atoms with Crippen LogP contribution in [0.3, 0.4) is 0 Å². The average Bonchev–Trinajstić information content (AvgIpc) is 2.97. The lowest BCUT2D eigenvalue weighted by atomic mass is 10.1. The Morgan fingerprint density at radius 1 is 1.52 bits per heavy atom. The van der Waals surface area contributed by atoms with Crippen LogP contribution >= 0.6 is 0 Å². The van der Waals surface area contributed by atoms with Crippen LogP contribution in [0, 0.1) is 10.1 Å². The molecule has 0 aliphatic carbocycles. The zero-order chi connectivity index (χ0) is 14.8. The minimum Gasteiger partial charge on any atom is -0.377 e. The molecule has 1 fully saturated rings. The Morgan fingerprint density at radius 3 is 3.10 bits per heavy atom. The fraction of sp³-hybridized carbons (Fsp3) is 0.385. The van der Waals surface area contributed by atoms with Gasteiger partial charge in [0.15, 0.2) is 0 Å². The first-order valence-electron chi connectivity index (χ1n) is 6.66. The predicted octanol–water partition coefficient (Wildman–Crippen LogP) is 1.42. The molecule has 1 saturated heterocycles. The highest BCUT2D eigenvalue weighted by Gasteiger charge is 2.20. The Morgan fingerprint density at radius 2 is 2.38 bits per heavy atom. The molecule has 0 spiro atoms. The summed E-state index contributed by atoms with van der Waals surface area (Å²) < 4.78 is 5.48. The van der Waals surface area contributed by atoms with Crippen LogP contribution in [0.2, 0.25) is 0 Å². The minimum atomic E-state index is -0.510. The van der Waals surface area contributed by atoms with Crippen molar-refractivity contribution in [2.24, 2.45) is 0 Å². The second-order valence-corrected chi connectivity index (χ2v) is 4.89. The van der Waals surface area contributed by atoms with Gasteiger partial charge in [0.2, 0.25) is 0 Å². The molecule has 8 heteroatoms. The molecule has 8 nitrogen and oxygen atoms in total. The summed E-state index contributed by atoms with van der Waals surface area (Å²) in [5.74, 6) is 0. The molecule has 1 atom stereocenters. The normalized spacial score (nSPS) is 18.0. The number of H-pyrrole nitrogens is 1. The van der Waals surface area contributed by atoms with E-state index in [4.69, 9.17) is 4.74 Å². The van der Waals surface area contributed by atoms with Crippen LogP contribution in [0.15, 0.2) is 23.3 Å². The quantitative estimate of drug-likeness (QED) is 0.651. The first-order valence-corrected chi connectivity index (χ1v) is 6.66. The summed E-state index contributed by atoms with van der Waals surface area (Å²) in [7, 11) is 0. The lowest BCUT2D eigenvalue weighted by Gasteiger charge is -2.12. The standard InChI is InChI=1S/C13H14N4O4/c18-13-9-4-12(17(19)20)11(5-10(9)15-7-16-13)14-6-8-2-1-3-21-8/h4-5,7-8,14H,1-3,6H2,(H,15,16,18)/t8-/m0/s1. The molecule has 1 aromatic heterocycles. The lowest BCUT2D eigenvalue weighted by Crippen LogP contribution is -2.19. The number of nitro benzene ring substituents is 1. The number of rotatable bonds is 4. The number of anilines is 1. The number of ether oxygens (including phenoxy) is 1. The number of benzene rings is 1. The average molecular weight is 290 g/mol. The summed E-state index contributed by atoms with van der Waals surface area (Å²) in [6.07, 6.45) is 3.28. The molecule has 3 rings (SSSR count). The molecule has 0 amide bonds. The number of hydrogen-bond acceptors (Lipinski definition) is 6. The number of aromatic nitrogens is 2. The van der Waals surface area contributed by atoms with Crippen LogP contribution in [0.5, 0.6) is 0 Å². The summed E-state index contributed by atoms with van der Waals surface area (Å²) >= 11 is 0.